The number of carbonyl (C=O) groups excluding carboxylic acids is 1. The number of carbonyl (C=O) groups is 1. The Kier molecular flexibility index (Phi) is 4.41. The fourth-order valence-electron chi connectivity index (χ4n) is 2.69. The van der Waals surface area contributed by atoms with Gasteiger partial charge in [-0.1, -0.05) is 12.1 Å². The summed E-state index contributed by atoms with van der Waals surface area (Å²) in [5.41, 5.74) is 3.00. The molecular weight excluding hydrogens is 290 g/mol. The standard InChI is InChI=1S/C17H21N5O/c1-12-6-5-7-14(13(12)2)20-17(23)21-15-10-16(19-11-18-15)22-8-3-4-9-22/h5-7,10-11H,3-4,8-9H2,1-2H3,(H2,18,19,20,21,23). The van der Waals surface area contributed by atoms with Gasteiger partial charge >= 0.3 is 6.03 Å². The highest BCUT2D eigenvalue weighted by molar-refractivity contribution is 5.99. The molecule has 120 valence electrons. The first-order chi connectivity index (χ1) is 11.1. The Labute approximate surface area is 135 Å². The number of hydrogen-bond acceptors (Lipinski definition) is 4. The van der Waals surface area contributed by atoms with Crippen LogP contribution in [0, 0.1) is 13.8 Å². The predicted molar refractivity (Wildman–Crippen MR) is 92.0 cm³/mol. The van der Waals surface area contributed by atoms with Crippen LogP contribution in [0.2, 0.25) is 0 Å². The molecule has 0 saturated carbocycles. The molecule has 6 nitrogen and oxygen atoms in total. The third-order valence-electron chi connectivity index (χ3n) is 4.18. The van der Waals surface area contributed by atoms with Gasteiger partial charge in [0.1, 0.15) is 18.0 Å². The number of nitrogens with one attached hydrogen (secondary N) is 2. The van der Waals surface area contributed by atoms with Crippen LogP contribution >= 0.6 is 0 Å². The summed E-state index contributed by atoms with van der Waals surface area (Å²) in [7, 11) is 0. The van der Waals surface area contributed by atoms with Crippen LogP contribution < -0.4 is 15.5 Å². The summed E-state index contributed by atoms with van der Waals surface area (Å²) >= 11 is 0. The molecule has 1 fully saturated rings. The molecule has 0 radical (unpaired) electrons. The van der Waals surface area contributed by atoms with E-state index in [1.807, 2.05) is 38.1 Å². The van der Waals surface area contributed by atoms with Gasteiger partial charge in [0.2, 0.25) is 0 Å². The fourth-order valence-corrected chi connectivity index (χ4v) is 2.69. The van der Waals surface area contributed by atoms with Crippen molar-refractivity contribution in [2.24, 2.45) is 0 Å². The highest BCUT2D eigenvalue weighted by Gasteiger charge is 2.14. The second kappa shape index (κ2) is 6.64. The minimum absolute atomic E-state index is 0.301. The first kappa shape index (κ1) is 15.3. The molecule has 2 amide bonds. The third-order valence-corrected chi connectivity index (χ3v) is 4.18. The van der Waals surface area contributed by atoms with Crippen LogP contribution in [0.4, 0.5) is 22.1 Å². The lowest BCUT2D eigenvalue weighted by Gasteiger charge is -2.16. The van der Waals surface area contributed by atoms with Gasteiger partial charge in [-0.05, 0) is 43.9 Å². The van der Waals surface area contributed by atoms with Crippen LogP contribution in [0.15, 0.2) is 30.6 Å². The van der Waals surface area contributed by atoms with E-state index in [0.29, 0.717) is 5.82 Å². The Morgan fingerprint density at radius 2 is 1.91 bits per heavy atom. The summed E-state index contributed by atoms with van der Waals surface area (Å²) in [5.74, 6) is 1.37. The van der Waals surface area contributed by atoms with Gasteiger partial charge in [-0.25, -0.2) is 14.8 Å². The molecule has 1 aliphatic heterocycles. The number of benzene rings is 1. The molecule has 1 aromatic carbocycles. The van der Waals surface area contributed by atoms with E-state index in [0.717, 1.165) is 35.7 Å². The number of nitrogens with zero attached hydrogens (tertiary/aromatic N) is 3. The van der Waals surface area contributed by atoms with Crippen LogP contribution in [-0.4, -0.2) is 29.1 Å². The number of anilines is 3. The van der Waals surface area contributed by atoms with Gasteiger partial charge in [0.25, 0.3) is 0 Å². The smallest absolute Gasteiger partial charge is 0.324 e. The molecule has 0 atom stereocenters. The van der Waals surface area contributed by atoms with Gasteiger partial charge in [0.15, 0.2) is 0 Å². The Morgan fingerprint density at radius 1 is 1.13 bits per heavy atom. The van der Waals surface area contributed by atoms with E-state index in [2.05, 4.69) is 25.5 Å². The van der Waals surface area contributed by atoms with Crippen molar-refractivity contribution in [1.82, 2.24) is 9.97 Å². The van der Waals surface area contributed by atoms with Crippen LogP contribution in [0.3, 0.4) is 0 Å². The van der Waals surface area contributed by atoms with Crippen LogP contribution in [-0.2, 0) is 0 Å². The second-order valence-electron chi connectivity index (χ2n) is 5.78. The fraction of sp³-hybridized carbons (Fsp3) is 0.353. The number of hydrogen-bond donors (Lipinski definition) is 2. The summed E-state index contributed by atoms with van der Waals surface area (Å²) < 4.78 is 0. The summed E-state index contributed by atoms with van der Waals surface area (Å²) in [5, 5.41) is 5.64. The summed E-state index contributed by atoms with van der Waals surface area (Å²) in [6.07, 6.45) is 3.85. The number of urea groups is 1. The average Bonchev–Trinajstić information content (AvgIpc) is 3.06. The maximum atomic E-state index is 12.2. The molecule has 0 aliphatic carbocycles. The van der Waals surface area contributed by atoms with Gasteiger partial charge in [0, 0.05) is 24.8 Å². The molecule has 1 aliphatic rings. The van der Waals surface area contributed by atoms with Crippen molar-refractivity contribution in [3.63, 3.8) is 0 Å². The lowest BCUT2D eigenvalue weighted by molar-refractivity contribution is 0.262. The van der Waals surface area contributed by atoms with Crippen molar-refractivity contribution in [3.8, 4) is 0 Å². The van der Waals surface area contributed by atoms with E-state index in [1.54, 1.807) is 0 Å². The first-order valence-corrected chi connectivity index (χ1v) is 7.85. The zero-order chi connectivity index (χ0) is 16.2. The number of amides is 2. The molecule has 2 heterocycles. The van der Waals surface area contributed by atoms with Crippen molar-refractivity contribution in [3.05, 3.63) is 41.7 Å². The van der Waals surface area contributed by atoms with E-state index >= 15 is 0 Å². The number of aryl methyl sites for hydroxylation is 1. The van der Waals surface area contributed by atoms with E-state index < -0.39 is 0 Å². The molecule has 0 spiro atoms. The zero-order valence-corrected chi connectivity index (χ0v) is 13.5. The molecule has 3 rings (SSSR count). The van der Waals surface area contributed by atoms with Crippen molar-refractivity contribution in [2.75, 3.05) is 28.6 Å². The topological polar surface area (TPSA) is 70.2 Å². The Bertz CT molecular complexity index is 710. The van der Waals surface area contributed by atoms with Gasteiger partial charge in [-0.15, -0.1) is 0 Å². The first-order valence-electron chi connectivity index (χ1n) is 7.85. The molecule has 1 aromatic heterocycles. The Balaban J connectivity index is 1.68. The van der Waals surface area contributed by atoms with Crippen molar-refractivity contribution < 1.29 is 4.79 Å². The lowest BCUT2D eigenvalue weighted by atomic mass is 10.1. The molecule has 0 bridgehead atoms. The third kappa shape index (κ3) is 3.59. The van der Waals surface area contributed by atoms with Gasteiger partial charge in [-0.2, -0.15) is 0 Å². The summed E-state index contributed by atoms with van der Waals surface area (Å²) in [4.78, 5) is 22.8. The van der Waals surface area contributed by atoms with E-state index in [-0.39, 0.29) is 6.03 Å². The van der Waals surface area contributed by atoms with Crippen molar-refractivity contribution in [2.45, 2.75) is 26.7 Å². The highest BCUT2D eigenvalue weighted by atomic mass is 16.2. The van der Waals surface area contributed by atoms with Crippen molar-refractivity contribution >= 4 is 23.4 Å². The molecule has 6 heteroatoms. The zero-order valence-electron chi connectivity index (χ0n) is 13.5. The molecule has 23 heavy (non-hydrogen) atoms. The van der Waals surface area contributed by atoms with Crippen LogP contribution in [0.25, 0.3) is 0 Å². The maximum Gasteiger partial charge on any atom is 0.324 e. The number of aromatic nitrogens is 2. The van der Waals surface area contributed by atoms with Gasteiger partial charge in [0.05, 0.1) is 0 Å². The number of rotatable bonds is 3. The predicted octanol–water partition coefficient (Wildman–Crippen LogP) is 3.34. The molecule has 1 saturated heterocycles. The Hall–Kier alpha value is -2.63. The largest absolute Gasteiger partial charge is 0.356 e. The maximum absolute atomic E-state index is 12.2. The summed E-state index contributed by atoms with van der Waals surface area (Å²) in [6.45, 7) is 6.02. The highest BCUT2D eigenvalue weighted by Crippen LogP contribution is 2.20. The van der Waals surface area contributed by atoms with Gasteiger partial charge < -0.3 is 10.2 Å². The SMILES string of the molecule is Cc1cccc(NC(=O)Nc2cc(N3CCCC3)ncn2)c1C. The van der Waals surface area contributed by atoms with E-state index in [1.165, 1.54) is 19.2 Å². The van der Waals surface area contributed by atoms with Crippen molar-refractivity contribution in [1.29, 1.82) is 0 Å². The second-order valence-corrected chi connectivity index (χ2v) is 5.78. The van der Waals surface area contributed by atoms with Gasteiger partial charge in [-0.3, -0.25) is 5.32 Å². The molecule has 0 unspecified atom stereocenters. The molecule has 2 aromatic rings. The quantitative estimate of drug-likeness (QED) is 0.912. The minimum Gasteiger partial charge on any atom is -0.356 e. The van der Waals surface area contributed by atoms with E-state index in [4.69, 9.17) is 0 Å². The summed E-state index contributed by atoms with van der Waals surface area (Å²) in [6, 6.07) is 7.34. The molecular formula is C17H21N5O. The van der Waals surface area contributed by atoms with E-state index in [9.17, 15) is 4.79 Å². The Morgan fingerprint density at radius 3 is 2.70 bits per heavy atom. The normalized spacial score (nSPS) is 13.9. The monoisotopic (exact) mass is 311 g/mol. The minimum atomic E-state index is -0.301. The average molecular weight is 311 g/mol. The lowest BCUT2D eigenvalue weighted by Crippen LogP contribution is -2.22. The van der Waals surface area contributed by atoms with Crippen LogP contribution in [0.1, 0.15) is 24.0 Å². The molecule has 2 N–H and O–H groups in total. The van der Waals surface area contributed by atoms with Crippen LogP contribution in [0.5, 0.6) is 0 Å².